The van der Waals surface area contributed by atoms with Gasteiger partial charge in [-0.1, -0.05) is 105 Å². The van der Waals surface area contributed by atoms with Crippen molar-refractivity contribution in [3.8, 4) is 0 Å². The van der Waals surface area contributed by atoms with E-state index in [4.69, 9.17) is 22.3 Å². The van der Waals surface area contributed by atoms with E-state index in [1.165, 1.54) is 24.8 Å². The minimum absolute atomic E-state index is 0.0508. The molecule has 0 aliphatic heterocycles. The summed E-state index contributed by atoms with van der Waals surface area (Å²) in [6.45, 7) is 10.0. The van der Waals surface area contributed by atoms with Crippen molar-refractivity contribution in [2.24, 2.45) is 11.1 Å². The van der Waals surface area contributed by atoms with Crippen molar-refractivity contribution in [3.05, 3.63) is 112 Å². The number of halogens is 1. The lowest BCUT2D eigenvalue weighted by Crippen LogP contribution is -2.31. The van der Waals surface area contributed by atoms with Gasteiger partial charge in [-0.15, -0.1) is 0 Å². The average molecular weight is 715 g/mol. The van der Waals surface area contributed by atoms with Gasteiger partial charge in [0, 0.05) is 27.0 Å². The van der Waals surface area contributed by atoms with Crippen LogP contribution >= 0.6 is 23.4 Å². The molecule has 1 aromatic heterocycles. The van der Waals surface area contributed by atoms with Gasteiger partial charge in [0.2, 0.25) is 0 Å². The first kappa shape index (κ1) is 39.6. The number of benzene rings is 3. The molecule has 3 aromatic carbocycles. The van der Waals surface area contributed by atoms with Crippen LogP contribution in [0.3, 0.4) is 0 Å². The quantitative estimate of drug-likeness (QED) is 0.1000. The van der Waals surface area contributed by atoms with Crippen LogP contribution in [0.1, 0.15) is 119 Å². The van der Waals surface area contributed by atoms with Crippen LogP contribution in [0.15, 0.2) is 78.9 Å². The van der Waals surface area contributed by atoms with Gasteiger partial charge in [-0.3, -0.25) is 4.79 Å². The maximum absolute atomic E-state index is 11.5. The van der Waals surface area contributed by atoms with Gasteiger partial charge in [0.05, 0.1) is 23.2 Å². The number of aliphatic carboxylic acids is 1. The molecule has 1 aliphatic carbocycles. The third-order valence-electron chi connectivity index (χ3n) is 9.26. The number of pyridine rings is 1. The number of aliphatic hydroxyl groups is 1. The Morgan fingerprint density at radius 3 is 2.42 bits per heavy atom. The lowest BCUT2D eigenvalue weighted by molar-refractivity contribution is -0.138. The first-order chi connectivity index (χ1) is 23.7. The van der Waals surface area contributed by atoms with Crippen LogP contribution < -0.4 is 5.73 Å². The van der Waals surface area contributed by atoms with E-state index >= 15 is 0 Å². The Kier molecular flexibility index (Phi) is 14.2. The lowest BCUT2D eigenvalue weighted by Gasteiger charge is -2.24. The van der Waals surface area contributed by atoms with Crippen molar-refractivity contribution in [2.75, 3.05) is 5.75 Å². The van der Waals surface area contributed by atoms with Gasteiger partial charge < -0.3 is 15.9 Å². The topological polar surface area (TPSA) is 96.4 Å². The van der Waals surface area contributed by atoms with E-state index in [1.807, 2.05) is 74.1 Å². The zero-order valence-electron chi connectivity index (χ0n) is 30.4. The zero-order chi connectivity index (χ0) is 36.4. The highest BCUT2D eigenvalue weighted by Crippen LogP contribution is 2.53. The summed E-state index contributed by atoms with van der Waals surface area (Å²) >= 11 is 8.04. The van der Waals surface area contributed by atoms with Gasteiger partial charge in [-0.2, -0.15) is 11.8 Å². The minimum Gasteiger partial charge on any atom is -0.481 e. The Balaban J connectivity index is 0.000000551. The zero-order valence-corrected chi connectivity index (χ0v) is 32.0. The normalized spacial score (nSPS) is 14.7. The summed E-state index contributed by atoms with van der Waals surface area (Å²) in [6.07, 6.45) is 13.1. The standard InChI is InChI=1S/C35H36ClNO3S.C8H19N/c1-34(2,40)30-9-4-3-7-25(30)13-17-32(41-23-35(18-19-35)22-33(38)39)27-8-5-6-24(20-27)10-15-29-16-12-26-11-14-28(36)21-31(26)37-29;1-4-5-6-7-8(2,3)9/h3-12,14-16,20-21,32,40H,13,17-19,22-23H2,1-2H3,(H,38,39);4-7,9H2,1-3H3/b15-10+;/t32-;/m1./s1. The molecule has 7 heteroatoms. The molecule has 1 aliphatic rings. The fourth-order valence-corrected chi connectivity index (χ4v) is 7.92. The van der Waals surface area contributed by atoms with Gasteiger partial charge in [0.15, 0.2) is 0 Å². The Morgan fingerprint density at radius 2 is 1.74 bits per heavy atom. The van der Waals surface area contributed by atoms with Crippen molar-refractivity contribution in [2.45, 2.75) is 109 Å². The minimum atomic E-state index is -0.911. The fraction of sp³-hybridized carbons (Fsp3) is 0.442. The van der Waals surface area contributed by atoms with Crippen LogP contribution in [0.25, 0.3) is 23.1 Å². The van der Waals surface area contributed by atoms with E-state index in [0.29, 0.717) is 5.02 Å². The highest BCUT2D eigenvalue weighted by Gasteiger charge is 2.44. The molecule has 5 nitrogen and oxygen atoms in total. The molecule has 50 heavy (non-hydrogen) atoms. The van der Waals surface area contributed by atoms with Crippen molar-refractivity contribution in [1.82, 2.24) is 4.98 Å². The van der Waals surface area contributed by atoms with Crippen molar-refractivity contribution < 1.29 is 15.0 Å². The molecule has 1 atom stereocenters. The van der Waals surface area contributed by atoms with E-state index in [0.717, 1.165) is 71.1 Å². The molecule has 1 heterocycles. The highest BCUT2D eigenvalue weighted by molar-refractivity contribution is 7.99. The number of fused-ring (bicyclic) bond motifs is 1. The Hall–Kier alpha value is -3.16. The summed E-state index contributed by atoms with van der Waals surface area (Å²) in [5.41, 5.74) is 11.0. The summed E-state index contributed by atoms with van der Waals surface area (Å²) in [4.78, 5) is 16.2. The van der Waals surface area contributed by atoms with Crippen molar-refractivity contribution in [1.29, 1.82) is 0 Å². The third kappa shape index (κ3) is 12.9. The van der Waals surface area contributed by atoms with Gasteiger partial charge in [0.25, 0.3) is 0 Å². The number of nitrogens with zero attached hydrogens (tertiary/aromatic N) is 1. The first-order valence-corrected chi connectivity index (χ1v) is 19.4. The molecule has 0 radical (unpaired) electrons. The molecule has 268 valence electrons. The number of hydrogen-bond acceptors (Lipinski definition) is 5. The van der Waals surface area contributed by atoms with Crippen molar-refractivity contribution >= 4 is 52.4 Å². The molecule has 0 bridgehead atoms. The number of thioether (sulfide) groups is 1. The highest BCUT2D eigenvalue weighted by atomic mass is 35.5. The van der Waals surface area contributed by atoms with Gasteiger partial charge >= 0.3 is 5.97 Å². The summed E-state index contributed by atoms with van der Waals surface area (Å²) in [5.74, 6) is 0.122. The molecule has 0 saturated heterocycles. The van der Waals surface area contributed by atoms with E-state index in [2.05, 4.69) is 63.2 Å². The molecule has 4 aromatic rings. The Bertz CT molecular complexity index is 1740. The van der Waals surface area contributed by atoms with Crippen LogP contribution in [0.5, 0.6) is 0 Å². The summed E-state index contributed by atoms with van der Waals surface area (Å²) in [5, 5.41) is 22.1. The number of aryl methyl sites for hydroxylation is 1. The maximum atomic E-state index is 11.5. The second kappa shape index (κ2) is 17.9. The number of unbranched alkanes of at least 4 members (excludes halogenated alkanes) is 2. The Morgan fingerprint density at radius 1 is 1.00 bits per heavy atom. The van der Waals surface area contributed by atoms with Crippen LogP contribution in [0, 0.1) is 5.41 Å². The molecule has 5 rings (SSSR count). The van der Waals surface area contributed by atoms with Gasteiger partial charge in [-0.05, 0) is 112 Å². The van der Waals surface area contributed by atoms with E-state index < -0.39 is 11.6 Å². The van der Waals surface area contributed by atoms with Crippen LogP contribution in [0.2, 0.25) is 5.02 Å². The average Bonchev–Trinajstić information content (AvgIpc) is 3.81. The van der Waals surface area contributed by atoms with Crippen LogP contribution in [-0.2, 0) is 16.8 Å². The van der Waals surface area contributed by atoms with Crippen LogP contribution in [0.4, 0.5) is 0 Å². The van der Waals surface area contributed by atoms with Crippen LogP contribution in [-0.4, -0.2) is 32.5 Å². The lowest BCUT2D eigenvalue weighted by atomic mass is 9.90. The molecular formula is C43H55ClN2O3S. The second-order valence-corrected chi connectivity index (χ2v) is 16.8. The van der Waals surface area contributed by atoms with Gasteiger partial charge in [0.1, 0.15) is 0 Å². The second-order valence-electron chi connectivity index (χ2n) is 15.1. The van der Waals surface area contributed by atoms with Gasteiger partial charge in [-0.25, -0.2) is 4.98 Å². The maximum Gasteiger partial charge on any atom is 0.303 e. The number of rotatable bonds is 16. The first-order valence-electron chi connectivity index (χ1n) is 17.9. The smallest absolute Gasteiger partial charge is 0.303 e. The van der Waals surface area contributed by atoms with E-state index in [9.17, 15) is 15.0 Å². The largest absolute Gasteiger partial charge is 0.481 e. The summed E-state index contributed by atoms with van der Waals surface area (Å²) in [6, 6.07) is 26.5. The van der Waals surface area contributed by atoms with E-state index in [1.54, 1.807) is 0 Å². The fourth-order valence-electron chi connectivity index (χ4n) is 6.19. The molecular weight excluding hydrogens is 660 g/mol. The Labute approximate surface area is 308 Å². The molecule has 4 N–H and O–H groups in total. The number of nitrogens with two attached hydrogens (primary N) is 1. The molecule has 0 amide bonds. The summed E-state index contributed by atoms with van der Waals surface area (Å²) in [7, 11) is 0. The molecule has 0 spiro atoms. The summed E-state index contributed by atoms with van der Waals surface area (Å²) < 4.78 is 0. The monoisotopic (exact) mass is 714 g/mol. The number of carbonyl (C=O) groups is 1. The molecule has 1 saturated carbocycles. The number of hydrogen-bond donors (Lipinski definition) is 3. The van der Waals surface area contributed by atoms with E-state index in [-0.39, 0.29) is 22.6 Å². The molecule has 0 unspecified atom stereocenters. The number of carboxylic acid groups (broad SMARTS) is 1. The number of carboxylic acids is 1. The van der Waals surface area contributed by atoms with Crippen molar-refractivity contribution in [3.63, 3.8) is 0 Å². The predicted molar refractivity (Wildman–Crippen MR) is 214 cm³/mol. The molecule has 1 fully saturated rings. The SMILES string of the molecule is CC(C)(O)c1ccccc1CC[C@@H](SCC1(CC(=O)O)CC1)c1cccc(/C=C/c2ccc3ccc(Cl)cc3n2)c1.CCCCCC(C)(C)N. The predicted octanol–water partition coefficient (Wildman–Crippen LogP) is 11.3. The third-order valence-corrected chi connectivity index (χ3v) is 11.2. The number of aromatic nitrogens is 1.